The Bertz CT molecular complexity index is 867. The zero-order valence-corrected chi connectivity index (χ0v) is 14.6. The third kappa shape index (κ3) is 3.31. The van der Waals surface area contributed by atoms with Crippen molar-refractivity contribution in [2.75, 3.05) is 6.54 Å². The van der Waals surface area contributed by atoms with Crippen molar-refractivity contribution >= 4 is 5.91 Å². The normalized spacial score (nSPS) is 20.0. The number of rotatable bonds is 4. The van der Waals surface area contributed by atoms with Crippen LogP contribution < -0.4 is 5.56 Å². The zero-order valence-electron chi connectivity index (χ0n) is 14.6. The first-order valence-corrected chi connectivity index (χ1v) is 9.16. The summed E-state index contributed by atoms with van der Waals surface area (Å²) in [4.78, 5) is 31.2. The molecule has 1 amide bonds. The van der Waals surface area contributed by atoms with E-state index in [4.69, 9.17) is 0 Å². The Balaban J connectivity index is 1.54. The molecule has 6 nitrogen and oxygen atoms in total. The van der Waals surface area contributed by atoms with E-state index in [1.807, 2.05) is 17.0 Å². The summed E-state index contributed by atoms with van der Waals surface area (Å²) in [5.41, 5.74) is 1.45. The van der Waals surface area contributed by atoms with E-state index in [2.05, 4.69) is 22.2 Å². The lowest BCUT2D eigenvalue weighted by molar-refractivity contribution is -0.136. The summed E-state index contributed by atoms with van der Waals surface area (Å²) >= 11 is 0. The number of amides is 1. The molecule has 0 bridgehead atoms. The average molecular weight is 350 g/mol. The third-order valence-electron chi connectivity index (χ3n) is 5.22. The molecule has 26 heavy (non-hydrogen) atoms. The summed E-state index contributed by atoms with van der Waals surface area (Å²) in [5.74, 6) is 0.288. The first-order chi connectivity index (χ1) is 12.7. The van der Waals surface area contributed by atoms with Crippen LogP contribution in [0.1, 0.15) is 25.7 Å². The maximum absolute atomic E-state index is 12.8. The average Bonchev–Trinajstić information content (AvgIpc) is 3.36. The minimum Gasteiger partial charge on any atom is -0.338 e. The number of aromatic nitrogens is 3. The van der Waals surface area contributed by atoms with Crippen LogP contribution in [0, 0.1) is 5.92 Å². The summed E-state index contributed by atoms with van der Waals surface area (Å²) in [5, 5.41) is 4.51. The molecule has 0 N–H and O–H groups in total. The number of likely N-dealkylation sites (tertiary alicyclic amines) is 1. The predicted molar refractivity (Wildman–Crippen MR) is 98.3 cm³/mol. The van der Waals surface area contributed by atoms with Gasteiger partial charge >= 0.3 is 0 Å². The van der Waals surface area contributed by atoms with E-state index < -0.39 is 0 Å². The molecule has 1 fully saturated rings. The molecule has 0 saturated carbocycles. The molecule has 6 heteroatoms. The Morgan fingerprint density at radius 1 is 1.19 bits per heavy atom. The summed E-state index contributed by atoms with van der Waals surface area (Å²) in [6, 6.07) is 7.06. The van der Waals surface area contributed by atoms with Gasteiger partial charge in [-0.3, -0.25) is 14.6 Å². The molecule has 4 rings (SSSR count). The fourth-order valence-electron chi connectivity index (χ4n) is 3.82. The van der Waals surface area contributed by atoms with Crippen LogP contribution in [0.25, 0.3) is 11.3 Å². The first kappa shape index (κ1) is 16.7. The van der Waals surface area contributed by atoms with Crippen LogP contribution in [0.2, 0.25) is 0 Å². The van der Waals surface area contributed by atoms with Crippen LogP contribution in [0.3, 0.4) is 0 Å². The molecular weight excluding hydrogens is 328 g/mol. The molecule has 2 aliphatic rings. The second-order valence-electron chi connectivity index (χ2n) is 6.95. The number of carbonyl (C=O) groups is 1. The lowest BCUT2D eigenvalue weighted by Gasteiger charge is -2.27. The van der Waals surface area contributed by atoms with Gasteiger partial charge in [-0.1, -0.05) is 12.2 Å². The number of carbonyl (C=O) groups excluding carboxylic acids is 1. The first-order valence-electron chi connectivity index (χ1n) is 9.16. The molecule has 1 atom stereocenters. The Hall–Kier alpha value is -2.76. The fourth-order valence-corrected chi connectivity index (χ4v) is 3.82. The highest BCUT2D eigenvalue weighted by atomic mass is 16.2. The Morgan fingerprint density at radius 3 is 2.81 bits per heavy atom. The molecule has 134 valence electrons. The van der Waals surface area contributed by atoms with Gasteiger partial charge in [0.15, 0.2) is 0 Å². The SMILES string of the molecule is O=C(C1CC=CC1)N1CCCC1Cn1nc(-c2cccnc2)ccc1=O. The van der Waals surface area contributed by atoms with Gasteiger partial charge in [-0.25, -0.2) is 4.68 Å². The van der Waals surface area contributed by atoms with E-state index in [-0.39, 0.29) is 23.4 Å². The van der Waals surface area contributed by atoms with E-state index in [0.29, 0.717) is 12.2 Å². The van der Waals surface area contributed by atoms with E-state index in [9.17, 15) is 9.59 Å². The molecule has 0 spiro atoms. The van der Waals surface area contributed by atoms with Crippen molar-refractivity contribution in [2.24, 2.45) is 5.92 Å². The van der Waals surface area contributed by atoms with Crippen LogP contribution >= 0.6 is 0 Å². The summed E-state index contributed by atoms with van der Waals surface area (Å²) in [6.45, 7) is 1.22. The van der Waals surface area contributed by atoms with Crippen molar-refractivity contribution in [3.63, 3.8) is 0 Å². The second kappa shape index (κ2) is 7.23. The van der Waals surface area contributed by atoms with E-state index in [1.54, 1.807) is 18.5 Å². The molecule has 2 aromatic heterocycles. The fraction of sp³-hybridized carbons (Fsp3) is 0.400. The van der Waals surface area contributed by atoms with Crippen molar-refractivity contribution in [2.45, 2.75) is 38.3 Å². The highest BCUT2D eigenvalue weighted by Gasteiger charge is 2.33. The summed E-state index contributed by atoms with van der Waals surface area (Å²) in [6.07, 6.45) is 11.2. The van der Waals surface area contributed by atoms with Gasteiger partial charge in [-0.15, -0.1) is 0 Å². The van der Waals surface area contributed by atoms with Gasteiger partial charge in [-0.2, -0.15) is 5.10 Å². The van der Waals surface area contributed by atoms with Crippen LogP contribution in [-0.2, 0) is 11.3 Å². The molecule has 2 aromatic rings. The number of hydrogen-bond acceptors (Lipinski definition) is 4. The minimum absolute atomic E-state index is 0.0393. The maximum atomic E-state index is 12.8. The van der Waals surface area contributed by atoms with Gasteiger partial charge in [0.1, 0.15) is 0 Å². The lowest BCUT2D eigenvalue weighted by atomic mass is 10.1. The molecule has 0 radical (unpaired) electrons. The minimum atomic E-state index is -0.139. The third-order valence-corrected chi connectivity index (χ3v) is 5.22. The highest BCUT2D eigenvalue weighted by Crippen LogP contribution is 2.26. The Kier molecular flexibility index (Phi) is 4.65. The Morgan fingerprint density at radius 2 is 2.04 bits per heavy atom. The van der Waals surface area contributed by atoms with E-state index >= 15 is 0 Å². The molecular formula is C20H22N4O2. The van der Waals surface area contributed by atoms with E-state index in [0.717, 1.165) is 37.8 Å². The van der Waals surface area contributed by atoms with E-state index in [1.165, 1.54) is 10.7 Å². The van der Waals surface area contributed by atoms with Gasteiger partial charge in [0.2, 0.25) is 5.91 Å². The number of hydrogen-bond donors (Lipinski definition) is 0. The van der Waals surface area contributed by atoms with Crippen molar-refractivity contribution in [1.29, 1.82) is 0 Å². The van der Waals surface area contributed by atoms with Crippen LogP contribution in [0.15, 0.2) is 53.6 Å². The summed E-state index contributed by atoms with van der Waals surface area (Å²) < 4.78 is 1.49. The number of allylic oxidation sites excluding steroid dienone is 2. The standard InChI is InChI=1S/C20H22N4O2/c25-19-10-9-18(16-7-3-11-21-13-16)22-24(19)14-17-8-4-12-23(17)20(26)15-5-1-2-6-15/h1-3,7,9-11,13,15,17H,4-6,8,12,14H2. The lowest BCUT2D eigenvalue weighted by Crippen LogP contribution is -2.42. The van der Waals surface area contributed by atoms with Gasteiger partial charge in [0.25, 0.3) is 5.56 Å². The van der Waals surface area contributed by atoms with Gasteiger partial charge in [0.05, 0.1) is 18.3 Å². The molecule has 3 heterocycles. The van der Waals surface area contributed by atoms with Crippen LogP contribution in [0.4, 0.5) is 0 Å². The Labute approximate surface area is 152 Å². The molecule has 1 unspecified atom stereocenters. The van der Waals surface area contributed by atoms with Crippen molar-refractivity contribution < 1.29 is 4.79 Å². The quantitative estimate of drug-likeness (QED) is 0.793. The highest BCUT2D eigenvalue weighted by molar-refractivity contribution is 5.80. The molecule has 1 saturated heterocycles. The van der Waals surface area contributed by atoms with Crippen molar-refractivity contribution in [3.05, 3.63) is 59.2 Å². The monoisotopic (exact) mass is 350 g/mol. The van der Waals surface area contributed by atoms with Gasteiger partial charge in [0, 0.05) is 36.5 Å². The smallest absolute Gasteiger partial charge is 0.266 e. The van der Waals surface area contributed by atoms with Gasteiger partial charge < -0.3 is 4.90 Å². The van der Waals surface area contributed by atoms with Crippen LogP contribution in [0.5, 0.6) is 0 Å². The predicted octanol–water partition coefficient (Wildman–Crippen LogP) is 2.26. The van der Waals surface area contributed by atoms with Gasteiger partial charge in [-0.05, 0) is 43.9 Å². The number of pyridine rings is 1. The van der Waals surface area contributed by atoms with Crippen LogP contribution in [-0.4, -0.2) is 38.2 Å². The molecule has 1 aliphatic heterocycles. The van der Waals surface area contributed by atoms with Crippen molar-refractivity contribution in [1.82, 2.24) is 19.7 Å². The number of nitrogens with zero attached hydrogens (tertiary/aromatic N) is 4. The van der Waals surface area contributed by atoms with Crippen molar-refractivity contribution in [3.8, 4) is 11.3 Å². The molecule has 1 aliphatic carbocycles. The maximum Gasteiger partial charge on any atom is 0.266 e. The largest absolute Gasteiger partial charge is 0.338 e. The summed E-state index contributed by atoms with van der Waals surface area (Å²) in [7, 11) is 0. The second-order valence-corrected chi connectivity index (χ2v) is 6.95. The zero-order chi connectivity index (χ0) is 17.9. The molecule has 0 aromatic carbocycles. The topological polar surface area (TPSA) is 68.1 Å².